The Bertz CT molecular complexity index is 720. The van der Waals surface area contributed by atoms with Gasteiger partial charge in [0.05, 0.1) is 16.5 Å². The van der Waals surface area contributed by atoms with Crippen LogP contribution in [0.25, 0.3) is 10.9 Å². The van der Waals surface area contributed by atoms with E-state index in [0.29, 0.717) is 22.8 Å². The van der Waals surface area contributed by atoms with Gasteiger partial charge in [0.15, 0.2) is 5.16 Å². The molecule has 0 bridgehead atoms. The number of hydrogen-bond donors (Lipinski definition) is 1. The molecule has 0 amide bonds. The maximum atomic E-state index is 12.6. The molecule has 0 unspecified atom stereocenters. The third kappa shape index (κ3) is 3.06. The molecule has 1 aliphatic rings. The van der Waals surface area contributed by atoms with Crippen LogP contribution in [-0.2, 0) is 6.54 Å². The van der Waals surface area contributed by atoms with Gasteiger partial charge in [0, 0.05) is 12.3 Å². The van der Waals surface area contributed by atoms with Crippen LogP contribution in [0.4, 0.5) is 0 Å². The Hall–Kier alpha value is -1.33. The predicted octanol–water partition coefficient (Wildman–Crippen LogP) is 3.20. The monoisotopic (exact) mass is 318 g/mol. The van der Waals surface area contributed by atoms with Crippen LogP contribution < -0.4 is 5.56 Å². The number of fused-ring (bicyclic) bond motifs is 1. The maximum absolute atomic E-state index is 12.6. The molecule has 1 heterocycles. The summed E-state index contributed by atoms with van der Waals surface area (Å²) in [6, 6.07) is 7.45. The van der Waals surface area contributed by atoms with E-state index in [0.717, 1.165) is 31.2 Å². The highest BCUT2D eigenvalue weighted by Crippen LogP contribution is 2.33. The van der Waals surface area contributed by atoms with E-state index in [2.05, 4.69) is 4.98 Å². The highest BCUT2D eigenvalue weighted by Gasteiger charge is 2.29. The van der Waals surface area contributed by atoms with Gasteiger partial charge < -0.3 is 5.11 Å². The van der Waals surface area contributed by atoms with Gasteiger partial charge in [-0.2, -0.15) is 0 Å². The normalized spacial score (nSPS) is 17.7. The Balaban J connectivity index is 1.91. The summed E-state index contributed by atoms with van der Waals surface area (Å²) in [5, 5.41) is 12.0. The zero-order chi connectivity index (χ0) is 15.6. The largest absolute Gasteiger partial charge is 0.389 e. The molecule has 3 rings (SSSR count). The highest BCUT2D eigenvalue weighted by atomic mass is 32.2. The fourth-order valence-corrected chi connectivity index (χ4v) is 4.31. The summed E-state index contributed by atoms with van der Waals surface area (Å²) in [6.45, 7) is 2.55. The number of hydrogen-bond acceptors (Lipinski definition) is 4. The van der Waals surface area contributed by atoms with E-state index in [1.165, 1.54) is 18.2 Å². The highest BCUT2D eigenvalue weighted by molar-refractivity contribution is 7.99. The summed E-state index contributed by atoms with van der Waals surface area (Å²) >= 11 is 1.51. The molecule has 1 aromatic carbocycles. The number of benzene rings is 1. The molecule has 1 aliphatic carbocycles. The molecular formula is C17H22N2O2S. The fraction of sp³-hybridized carbons (Fsp3) is 0.529. The lowest BCUT2D eigenvalue weighted by Gasteiger charge is -2.31. The van der Waals surface area contributed by atoms with E-state index < -0.39 is 5.60 Å². The lowest BCUT2D eigenvalue weighted by atomic mass is 9.86. The summed E-state index contributed by atoms with van der Waals surface area (Å²) < 4.78 is 1.71. The van der Waals surface area contributed by atoms with Crippen LogP contribution in [0.3, 0.4) is 0 Å². The van der Waals surface area contributed by atoms with Gasteiger partial charge in [-0.15, -0.1) is 0 Å². The Morgan fingerprint density at radius 1 is 1.27 bits per heavy atom. The van der Waals surface area contributed by atoms with E-state index in [4.69, 9.17) is 0 Å². The van der Waals surface area contributed by atoms with Crippen molar-refractivity contribution in [2.24, 2.45) is 0 Å². The van der Waals surface area contributed by atoms with Gasteiger partial charge in [0.25, 0.3) is 5.56 Å². The van der Waals surface area contributed by atoms with Crippen molar-refractivity contribution < 1.29 is 5.11 Å². The second-order valence-corrected chi connectivity index (χ2v) is 6.98. The molecule has 22 heavy (non-hydrogen) atoms. The molecule has 1 saturated carbocycles. The number of aromatic nitrogens is 2. The van der Waals surface area contributed by atoms with E-state index in [1.54, 1.807) is 4.57 Å². The van der Waals surface area contributed by atoms with Crippen LogP contribution in [0.2, 0.25) is 0 Å². The molecule has 0 radical (unpaired) electrons. The average Bonchev–Trinajstić information content (AvgIpc) is 2.54. The number of nitrogens with zero attached hydrogens (tertiary/aromatic N) is 2. The van der Waals surface area contributed by atoms with Gasteiger partial charge in [-0.1, -0.05) is 43.2 Å². The van der Waals surface area contributed by atoms with Crippen molar-refractivity contribution in [1.29, 1.82) is 0 Å². The summed E-state index contributed by atoms with van der Waals surface area (Å²) in [7, 11) is 0. The number of rotatable bonds is 4. The van der Waals surface area contributed by atoms with E-state index in [1.807, 2.05) is 31.2 Å². The summed E-state index contributed by atoms with van der Waals surface area (Å²) in [6.07, 6.45) is 5.08. The minimum absolute atomic E-state index is 0.00577. The zero-order valence-electron chi connectivity index (χ0n) is 12.9. The molecule has 0 spiro atoms. The lowest BCUT2D eigenvalue weighted by Crippen LogP contribution is -2.34. The van der Waals surface area contributed by atoms with Crippen LogP contribution in [0.1, 0.15) is 39.0 Å². The summed E-state index contributed by atoms with van der Waals surface area (Å²) in [5.74, 6) is 0.609. The fourth-order valence-electron chi connectivity index (χ4n) is 3.09. The first-order valence-electron chi connectivity index (χ1n) is 7.98. The van der Waals surface area contributed by atoms with Crippen LogP contribution in [0, 0.1) is 0 Å². The van der Waals surface area contributed by atoms with E-state index in [9.17, 15) is 9.90 Å². The molecule has 0 saturated heterocycles. The Morgan fingerprint density at radius 2 is 2.00 bits per heavy atom. The van der Waals surface area contributed by atoms with Gasteiger partial charge in [0.2, 0.25) is 0 Å². The van der Waals surface area contributed by atoms with Crippen molar-refractivity contribution in [3.63, 3.8) is 0 Å². The third-order valence-corrected chi connectivity index (χ3v) is 5.65. The van der Waals surface area contributed by atoms with Crippen molar-refractivity contribution in [1.82, 2.24) is 9.55 Å². The van der Waals surface area contributed by atoms with Crippen molar-refractivity contribution in [2.75, 3.05) is 5.75 Å². The van der Waals surface area contributed by atoms with E-state index >= 15 is 0 Å². The van der Waals surface area contributed by atoms with Gasteiger partial charge >= 0.3 is 0 Å². The van der Waals surface area contributed by atoms with Gasteiger partial charge in [-0.25, -0.2) is 4.98 Å². The van der Waals surface area contributed by atoms with Crippen molar-refractivity contribution in [3.8, 4) is 0 Å². The third-order valence-electron chi connectivity index (χ3n) is 4.40. The second-order valence-electron chi connectivity index (χ2n) is 6.03. The average molecular weight is 318 g/mol. The second kappa shape index (κ2) is 6.42. The predicted molar refractivity (Wildman–Crippen MR) is 90.4 cm³/mol. The van der Waals surface area contributed by atoms with Crippen molar-refractivity contribution in [3.05, 3.63) is 34.6 Å². The molecule has 1 N–H and O–H groups in total. The standard InChI is InChI=1S/C17H22N2O2S/c1-2-19-15(20)13-8-4-5-9-14(13)18-16(19)22-12-17(21)10-6-3-7-11-17/h4-5,8-9,21H,2-3,6-7,10-12H2,1H3. The first-order chi connectivity index (χ1) is 10.6. The SMILES string of the molecule is CCn1c(SCC2(O)CCCCC2)nc2ccccc2c1=O. The molecule has 0 atom stereocenters. The molecule has 4 nitrogen and oxygen atoms in total. The van der Waals surface area contributed by atoms with Crippen LogP contribution >= 0.6 is 11.8 Å². The molecule has 1 aromatic heterocycles. The number of para-hydroxylation sites is 1. The first-order valence-corrected chi connectivity index (χ1v) is 8.96. The topological polar surface area (TPSA) is 55.1 Å². The summed E-state index contributed by atoms with van der Waals surface area (Å²) in [5.41, 5.74) is 0.131. The molecule has 0 aliphatic heterocycles. The Kier molecular flexibility index (Phi) is 4.54. The smallest absolute Gasteiger partial charge is 0.262 e. The van der Waals surface area contributed by atoms with Crippen LogP contribution in [0.15, 0.2) is 34.2 Å². The first kappa shape index (κ1) is 15.6. The van der Waals surface area contributed by atoms with Crippen molar-refractivity contribution in [2.45, 2.75) is 56.3 Å². The van der Waals surface area contributed by atoms with E-state index in [-0.39, 0.29) is 5.56 Å². The Labute approximate surface area is 134 Å². The van der Waals surface area contributed by atoms with Gasteiger partial charge in [-0.3, -0.25) is 9.36 Å². The maximum Gasteiger partial charge on any atom is 0.262 e. The Morgan fingerprint density at radius 3 is 2.73 bits per heavy atom. The minimum Gasteiger partial charge on any atom is -0.389 e. The molecular weight excluding hydrogens is 296 g/mol. The summed E-state index contributed by atoms with van der Waals surface area (Å²) in [4.78, 5) is 17.2. The van der Waals surface area contributed by atoms with Crippen LogP contribution in [0.5, 0.6) is 0 Å². The van der Waals surface area contributed by atoms with Crippen LogP contribution in [-0.4, -0.2) is 26.0 Å². The molecule has 1 fully saturated rings. The van der Waals surface area contributed by atoms with Gasteiger partial charge in [-0.05, 0) is 31.9 Å². The molecule has 5 heteroatoms. The zero-order valence-corrected chi connectivity index (χ0v) is 13.7. The molecule has 2 aromatic rings. The van der Waals surface area contributed by atoms with Crippen molar-refractivity contribution >= 4 is 22.7 Å². The number of aliphatic hydroxyl groups is 1. The lowest BCUT2D eigenvalue weighted by molar-refractivity contribution is 0.0272. The minimum atomic E-state index is -0.606. The number of thioether (sulfide) groups is 1. The quantitative estimate of drug-likeness (QED) is 0.695. The molecule has 118 valence electrons. The van der Waals surface area contributed by atoms with Gasteiger partial charge in [0.1, 0.15) is 0 Å².